The number of methoxy groups -OCH3 is 2. The maximum absolute atomic E-state index is 10.4. The molecule has 0 heterocycles. The molecule has 2 aromatic carbocycles. The van der Waals surface area contributed by atoms with Crippen LogP contribution in [0.2, 0.25) is 5.02 Å². The van der Waals surface area contributed by atoms with Crippen molar-refractivity contribution in [3.8, 4) is 11.5 Å². The number of aliphatic hydroxyl groups is 1. The molecule has 2 aromatic rings. The van der Waals surface area contributed by atoms with Crippen molar-refractivity contribution < 1.29 is 14.6 Å². The maximum atomic E-state index is 10.4. The van der Waals surface area contributed by atoms with Crippen LogP contribution in [0.4, 0.5) is 0 Å². The van der Waals surface area contributed by atoms with Gasteiger partial charge in [0.1, 0.15) is 0 Å². The fraction of sp³-hybridized carbons (Fsp3) is 0.250. The van der Waals surface area contributed by atoms with Crippen LogP contribution in [0.3, 0.4) is 0 Å². The lowest BCUT2D eigenvalue weighted by Crippen LogP contribution is -2.04. The minimum atomic E-state index is -0.697. The van der Waals surface area contributed by atoms with E-state index < -0.39 is 6.10 Å². The number of ether oxygens (including phenoxy) is 2. The molecule has 0 radical (unpaired) electrons. The SMILES string of the molecule is COc1ccc(C(O)Cc2ccc(I)cc2)c(Cl)c1OC. The number of halogens is 2. The summed E-state index contributed by atoms with van der Waals surface area (Å²) in [6, 6.07) is 11.5. The van der Waals surface area contributed by atoms with Gasteiger partial charge in [-0.05, 0) is 46.4 Å². The topological polar surface area (TPSA) is 38.7 Å². The lowest BCUT2D eigenvalue weighted by Gasteiger charge is -2.17. The van der Waals surface area contributed by atoms with Crippen molar-refractivity contribution in [3.05, 3.63) is 56.1 Å². The first-order chi connectivity index (χ1) is 10.1. The van der Waals surface area contributed by atoms with Crippen molar-refractivity contribution in [1.82, 2.24) is 0 Å². The molecule has 1 N–H and O–H groups in total. The molecule has 21 heavy (non-hydrogen) atoms. The van der Waals surface area contributed by atoms with Gasteiger partial charge in [0.15, 0.2) is 11.5 Å². The van der Waals surface area contributed by atoms with Gasteiger partial charge in [0, 0.05) is 15.6 Å². The molecule has 0 bridgehead atoms. The largest absolute Gasteiger partial charge is 0.493 e. The summed E-state index contributed by atoms with van der Waals surface area (Å²) in [5.74, 6) is 0.992. The molecule has 0 aliphatic heterocycles. The summed E-state index contributed by atoms with van der Waals surface area (Å²) in [6.07, 6.45) is -0.205. The van der Waals surface area contributed by atoms with Gasteiger partial charge in [0.2, 0.25) is 0 Å². The van der Waals surface area contributed by atoms with Crippen molar-refractivity contribution in [3.63, 3.8) is 0 Å². The summed E-state index contributed by atoms with van der Waals surface area (Å²) < 4.78 is 11.6. The molecule has 0 saturated heterocycles. The van der Waals surface area contributed by atoms with Crippen molar-refractivity contribution >= 4 is 34.2 Å². The van der Waals surface area contributed by atoms with Gasteiger partial charge in [-0.15, -0.1) is 0 Å². The van der Waals surface area contributed by atoms with E-state index in [1.165, 1.54) is 7.11 Å². The molecule has 5 heteroatoms. The lowest BCUT2D eigenvalue weighted by molar-refractivity contribution is 0.178. The average molecular weight is 419 g/mol. The molecule has 2 rings (SSSR count). The Labute approximate surface area is 143 Å². The third kappa shape index (κ3) is 3.81. The second-order valence-corrected chi connectivity index (χ2v) is 6.17. The molecule has 0 amide bonds. The van der Waals surface area contributed by atoms with E-state index in [-0.39, 0.29) is 0 Å². The molecule has 1 unspecified atom stereocenters. The lowest BCUT2D eigenvalue weighted by atomic mass is 10.0. The van der Waals surface area contributed by atoms with Crippen LogP contribution >= 0.6 is 34.2 Å². The fourth-order valence-corrected chi connectivity index (χ4v) is 2.83. The second kappa shape index (κ2) is 7.33. The zero-order chi connectivity index (χ0) is 15.4. The highest BCUT2D eigenvalue weighted by molar-refractivity contribution is 14.1. The number of hydrogen-bond acceptors (Lipinski definition) is 3. The Balaban J connectivity index is 2.26. The van der Waals surface area contributed by atoms with Crippen LogP contribution in [0.1, 0.15) is 17.2 Å². The first-order valence-electron chi connectivity index (χ1n) is 6.39. The van der Waals surface area contributed by atoms with Crippen LogP contribution in [0.5, 0.6) is 11.5 Å². The zero-order valence-electron chi connectivity index (χ0n) is 11.8. The fourth-order valence-electron chi connectivity index (χ4n) is 2.12. The first kappa shape index (κ1) is 16.4. The van der Waals surface area contributed by atoms with Crippen molar-refractivity contribution in [2.75, 3.05) is 14.2 Å². The van der Waals surface area contributed by atoms with E-state index in [1.807, 2.05) is 24.3 Å². The van der Waals surface area contributed by atoms with E-state index in [0.717, 1.165) is 9.13 Å². The second-order valence-electron chi connectivity index (χ2n) is 4.55. The Morgan fingerprint density at radius 3 is 2.33 bits per heavy atom. The Hall–Kier alpha value is -0.980. The van der Waals surface area contributed by atoms with E-state index in [9.17, 15) is 5.11 Å². The van der Waals surface area contributed by atoms with Crippen LogP contribution in [0.25, 0.3) is 0 Å². The normalized spacial score (nSPS) is 12.0. The van der Waals surface area contributed by atoms with E-state index in [2.05, 4.69) is 22.6 Å². The molecule has 112 valence electrons. The number of hydrogen-bond donors (Lipinski definition) is 1. The van der Waals surface area contributed by atoms with Crippen LogP contribution in [-0.4, -0.2) is 19.3 Å². The summed E-state index contributed by atoms with van der Waals surface area (Å²) in [4.78, 5) is 0. The standard InChI is InChI=1S/C16H16ClIO3/c1-20-14-8-7-12(15(17)16(14)21-2)13(19)9-10-3-5-11(18)6-4-10/h3-8,13,19H,9H2,1-2H3. The van der Waals surface area contributed by atoms with E-state index >= 15 is 0 Å². The minimum Gasteiger partial charge on any atom is -0.493 e. The summed E-state index contributed by atoms with van der Waals surface area (Å²) in [5.41, 5.74) is 1.68. The highest BCUT2D eigenvalue weighted by atomic mass is 127. The van der Waals surface area contributed by atoms with Gasteiger partial charge in [0.05, 0.1) is 25.3 Å². The predicted molar refractivity (Wildman–Crippen MR) is 92.4 cm³/mol. The Kier molecular flexibility index (Phi) is 5.72. The Morgan fingerprint density at radius 2 is 1.76 bits per heavy atom. The molecule has 1 atom stereocenters. The predicted octanol–water partition coefficient (Wildman–Crippen LogP) is 4.24. The third-order valence-electron chi connectivity index (χ3n) is 3.22. The van der Waals surface area contributed by atoms with E-state index in [1.54, 1.807) is 19.2 Å². The Bertz CT molecular complexity index is 614. The monoisotopic (exact) mass is 418 g/mol. The van der Waals surface area contributed by atoms with Gasteiger partial charge in [0.25, 0.3) is 0 Å². The summed E-state index contributed by atoms with van der Waals surface area (Å²) >= 11 is 8.56. The van der Waals surface area contributed by atoms with Crippen molar-refractivity contribution in [2.24, 2.45) is 0 Å². The highest BCUT2D eigenvalue weighted by Crippen LogP contribution is 2.40. The van der Waals surface area contributed by atoms with E-state index in [0.29, 0.717) is 28.5 Å². The molecule has 0 fully saturated rings. The van der Waals surface area contributed by atoms with E-state index in [4.69, 9.17) is 21.1 Å². The van der Waals surface area contributed by atoms with Gasteiger partial charge in [-0.2, -0.15) is 0 Å². The molecule has 0 aromatic heterocycles. The first-order valence-corrected chi connectivity index (χ1v) is 7.85. The van der Waals surface area contributed by atoms with Crippen LogP contribution in [0.15, 0.2) is 36.4 Å². The quantitative estimate of drug-likeness (QED) is 0.738. The van der Waals surface area contributed by atoms with Gasteiger partial charge in [-0.3, -0.25) is 0 Å². The van der Waals surface area contributed by atoms with Crippen molar-refractivity contribution in [1.29, 1.82) is 0 Å². The number of aliphatic hydroxyl groups excluding tert-OH is 1. The maximum Gasteiger partial charge on any atom is 0.179 e. The summed E-state index contributed by atoms with van der Waals surface area (Å²) in [7, 11) is 3.08. The molecule has 0 saturated carbocycles. The Morgan fingerprint density at radius 1 is 1.10 bits per heavy atom. The average Bonchev–Trinajstić information content (AvgIpc) is 2.49. The number of rotatable bonds is 5. The van der Waals surface area contributed by atoms with Crippen LogP contribution in [0, 0.1) is 3.57 Å². The number of benzene rings is 2. The van der Waals surface area contributed by atoms with Crippen molar-refractivity contribution in [2.45, 2.75) is 12.5 Å². The van der Waals surface area contributed by atoms with Gasteiger partial charge >= 0.3 is 0 Å². The molecule has 0 aliphatic carbocycles. The summed E-state index contributed by atoms with van der Waals surface area (Å²) in [5, 5.41) is 10.8. The highest BCUT2D eigenvalue weighted by Gasteiger charge is 2.18. The van der Waals surface area contributed by atoms with Gasteiger partial charge in [-0.25, -0.2) is 0 Å². The minimum absolute atomic E-state index is 0.384. The van der Waals surface area contributed by atoms with Gasteiger partial charge < -0.3 is 14.6 Å². The molecule has 0 aliphatic rings. The summed E-state index contributed by atoms with van der Waals surface area (Å²) in [6.45, 7) is 0. The van der Waals surface area contributed by atoms with Crippen LogP contribution in [-0.2, 0) is 6.42 Å². The van der Waals surface area contributed by atoms with Gasteiger partial charge in [-0.1, -0.05) is 29.8 Å². The van der Waals surface area contributed by atoms with Crippen LogP contribution < -0.4 is 9.47 Å². The molecular weight excluding hydrogens is 403 g/mol. The zero-order valence-corrected chi connectivity index (χ0v) is 14.7. The molecular formula is C16H16ClIO3. The molecule has 0 spiro atoms. The third-order valence-corrected chi connectivity index (χ3v) is 4.33. The smallest absolute Gasteiger partial charge is 0.179 e. The molecule has 3 nitrogen and oxygen atoms in total.